The first-order chi connectivity index (χ1) is 7.37. The van der Waals surface area contributed by atoms with E-state index in [-0.39, 0.29) is 0 Å². The van der Waals surface area contributed by atoms with Gasteiger partial charge in [-0.1, -0.05) is 0 Å². The Hall–Kier alpha value is -0.0800. The molecule has 4 aliphatic rings. The molecule has 5 unspecified atom stereocenters. The van der Waals surface area contributed by atoms with Crippen molar-refractivity contribution in [3.05, 3.63) is 0 Å². The predicted octanol–water partition coefficient (Wildman–Crippen LogP) is 1.37. The van der Waals surface area contributed by atoms with Gasteiger partial charge in [0.2, 0.25) is 0 Å². The lowest BCUT2D eigenvalue weighted by Crippen LogP contribution is -2.37. The lowest BCUT2D eigenvalue weighted by molar-refractivity contribution is 0.250. The van der Waals surface area contributed by atoms with E-state index in [9.17, 15) is 0 Å². The summed E-state index contributed by atoms with van der Waals surface area (Å²) in [4.78, 5) is 0. The van der Waals surface area contributed by atoms with Crippen molar-refractivity contribution in [3.63, 3.8) is 0 Å². The van der Waals surface area contributed by atoms with Crippen molar-refractivity contribution in [1.82, 2.24) is 10.6 Å². The molecule has 4 fully saturated rings. The van der Waals surface area contributed by atoms with Crippen molar-refractivity contribution >= 4 is 0 Å². The Bertz CT molecular complexity index is 270. The van der Waals surface area contributed by atoms with Crippen LogP contribution in [0.25, 0.3) is 0 Å². The van der Waals surface area contributed by atoms with Crippen LogP contribution >= 0.6 is 0 Å². The van der Waals surface area contributed by atoms with Crippen LogP contribution in [0.5, 0.6) is 0 Å². The molecule has 2 heterocycles. The summed E-state index contributed by atoms with van der Waals surface area (Å²) < 4.78 is 0. The van der Waals surface area contributed by atoms with Crippen molar-refractivity contribution in [3.8, 4) is 0 Å². The maximum Gasteiger partial charge on any atom is 0.00993 e. The Morgan fingerprint density at radius 2 is 2.13 bits per heavy atom. The second kappa shape index (κ2) is 2.98. The van der Waals surface area contributed by atoms with E-state index in [1.807, 2.05) is 0 Å². The molecule has 2 nitrogen and oxygen atoms in total. The summed E-state index contributed by atoms with van der Waals surface area (Å²) in [6.45, 7) is 3.91. The van der Waals surface area contributed by atoms with Crippen LogP contribution in [0, 0.1) is 23.2 Å². The molecular weight excluding hydrogens is 184 g/mol. The second-order valence-corrected chi connectivity index (χ2v) is 6.46. The average molecular weight is 206 g/mol. The predicted molar refractivity (Wildman–Crippen MR) is 60.6 cm³/mol. The van der Waals surface area contributed by atoms with Crippen LogP contribution in [-0.2, 0) is 0 Å². The van der Waals surface area contributed by atoms with E-state index in [0.29, 0.717) is 0 Å². The molecular formula is C13H22N2. The molecule has 2 aliphatic carbocycles. The average Bonchev–Trinajstić information content (AvgIpc) is 3.14. The van der Waals surface area contributed by atoms with E-state index in [0.717, 1.165) is 29.2 Å². The Balaban J connectivity index is 1.42. The van der Waals surface area contributed by atoms with Gasteiger partial charge in [-0.25, -0.2) is 0 Å². The van der Waals surface area contributed by atoms with Gasteiger partial charge in [-0.15, -0.1) is 0 Å². The highest BCUT2D eigenvalue weighted by Crippen LogP contribution is 2.62. The molecule has 2 saturated heterocycles. The Labute approximate surface area is 92.2 Å². The molecule has 1 spiro atoms. The zero-order valence-corrected chi connectivity index (χ0v) is 9.47. The lowest BCUT2D eigenvalue weighted by atomic mass is 9.85. The van der Waals surface area contributed by atoms with Crippen LogP contribution in [0.2, 0.25) is 0 Å². The monoisotopic (exact) mass is 206 g/mol. The zero-order chi connectivity index (χ0) is 9.88. The van der Waals surface area contributed by atoms with Crippen molar-refractivity contribution in [2.45, 2.75) is 38.1 Å². The molecule has 0 amide bonds. The third-order valence-corrected chi connectivity index (χ3v) is 5.50. The standard InChI is InChI=1S/C13H22N2/c1-2-13(8-14-3-1)6-11(13)10-4-9-5-12(9)15-7-10/h9-12,14-15H,1-8H2. The molecule has 2 aliphatic heterocycles. The summed E-state index contributed by atoms with van der Waals surface area (Å²) in [5, 5.41) is 7.34. The molecule has 0 aromatic carbocycles. The topological polar surface area (TPSA) is 24.1 Å². The first kappa shape index (κ1) is 9.00. The number of nitrogens with one attached hydrogen (secondary N) is 2. The van der Waals surface area contributed by atoms with E-state index < -0.39 is 0 Å². The van der Waals surface area contributed by atoms with E-state index in [2.05, 4.69) is 10.6 Å². The Kier molecular flexibility index (Phi) is 1.79. The highest BCUT2D eigenvalue weighted by Gasteiger charge is 2.58. The van der Waals surface area contributed by atoms with Gasteiger partial charge in [0, 0.05) is 12.6 Å². The number of rotatable bonds is 1. The third kappa shape index (κ3) is 1.38. The summed E-state index contributed by atoms with van der Waals surface area (Å²) in [7, 11) is 0. The molecule has 4 rings (SSSR count). The van der Waals surface area contributed by atoms with Gasteiger partial charge in [-0.05, 0) is 68.4 Å². The summed E-state index contributed by atoms with van der Waals surface area (Å²) in [5.74, 6) is 3.16. The summed E-state index contributed by atoms with van der Waals surface area (Å²) in [6, 6.07) is 0.931. The molecule has 0 bridgehead atoms. The fourth-order valence-electron chi connectivity index (χ4n) is 4.37. The minimum Gasteiger partial charge on any atom is -0.316 e. The minimum atomic E-state index is 0.756. The van der Waals surface area contributed by atoms with Gasteiger partial charge in [0.1, 0.15) is 0 Å². The molecule has 2 N–H and O–H groups in total. The number of hydrogen-bond acceptors (Lipinski definition) is 2. The van der Waals surface area contributed by atoms with E-state index in [1.54, 1.807) is 6.42 Å². The maximum absolute atomic E-state index is 3.73. The van der Waals surface area contributed by atoms with E-state index >= 15 is 0 Å². The number of piperidine rings is 2. The van der Waals surface area contributed by atoms with Crippen molar-refractivity contribution in [2.75, 3.05) is 19.6 Å². The largest absolute Gasteiger partial charge is 0.316 e. The molecule has 2 saturated carbocycles. The molecule has 0 aromatic rings. The summed E-state index contributed by atoms with van der Waals surface area (Å²) in [5.41, 5.74) is 0.756. The maximum atomic E-state index is 3.73. The van der Waals surface area contributed by atoms with Crippen LogP contribution in [0.1, 0.15) is 32.1 Å². The highest BCUT2D eigenvalue weighted by molar-refractivity contribution is 5.11. The van der Waals surface area contributed by atoms with Gasteiger partial charge >= 0.3 is 0 Å². The zero-order valence-electron chi connectivity index (χ0n) is 9.47. The van der Waals surface area contributed by atoms with Crippen LogP contribution < -0.4 is 10.6 Å². The molecule has 0 radical (unpaired) electrons. The molecule has 15 heavy (non-hydrogen) atoms. The molecule has 0 aromatic heterocycles. The van der Waals surface area contributed by atoms with Crippen LogP contribution in [0.4, 0.5) is 0 Å². The molecule has 2 heteroatoms. The van der Waals surface area contributed by atoms with Gasteiger partial charge in [0.15, 0.2) is 0 Å². The quantitative estimate of drug-likeness (QED) is 0.677. The summed E-state index contributed by atoms with van der Waals surface area (Å²) >= 11 is 0. The first-order valence-electron chi connectivity index (χ1n) is 6.81. The number of fused-ring (bicyclic) bond motifs is 1. The minimum absolute atomic E-state index is 0.756. The highest BCUT2D eigenvalue weighted by atomic mass is 15.0. The van der Waals surface area contributed by atoms with Gasteiger partial charge < -0.3 is 10.6 Å². The van der Waals surface area contributed by atoms with Crippen LogP contribution in [0.15, 0.2) is 0 Å². The second-order valence-electron chi connectivity index (χ2n) is 6.46. The van der Waals surface area contributed by atoms with Crippen molar-refractivity contribution in [1.29, 1.82) is 0 Å². The normalized spacial score (nSPS) is 57.6. The lowest BCUT2D eigenvalue weighted by Gasteiger charge is -2.29. The SMILES string of the molecule is C1CNCC2(C1)CC2C1CNC2CC2C1. The Morgan fingerprint density at radius 1 is 1.13 bits per heavy atom. The van der Waals surface area contributed by atoms with Gasteiger partial charge in [-0.2, -0.15) is 0 Å². The molecule has 5 atom stereocenters. The summed E-state index contributed by atoms with van der Waals surface area (Å²) in [6.07, 6.45) is 7.49. The van der Waals surface area contributed by atoms with Crippen molar-refractivity contribution in [2.24, 2.45) is 23.2 Å². The molecule has 84 valence electrons. The van der Waals surface area contributed by atoms with Gasteiger partial charge in [0.25, 0.3) is 0 Å². The van der Waals surface area contributed by atoms with E-state index in [4.69, 9.17) is 0 Å². The van der Waals surface area contributed by atoms with Gasteiger partial charge in [-0.3, -0.25) is 0 Å². The fraction of sp³-hybridized carbons (Fsp3) is 1.00. The van der Waals surface area contributed by atoms with Crippen LogP contribution in [-0.4, -0.2) is 25.7 Å². The first-order valence-corrected chi connectivity index (χ1v) is 6.81. The fourth-order valence-corrected chi connectivity index (χ4v) is 4.37. The smallest absolute Gasteiger partial charge is 0.00993 e. The van der Waals surface area contributed by atoms with E-state index in [1.165, 1.54) is 45.3 Å². The van der Waals surface area contributed by atoms with Gasteiger partial charge in [0.05, 0.1) is 0 Å². The number of hydrogen-bond donors (Lipinski definition) is 2. The third-order valence-electron chi connectivity index (χ3n) is 5.50. The van der Waals surface area contributed by atoms with Crippen molar-refractivity contribution < 1.29 is 0 Å². The Morgan fingerprint density at radius 3 is 2.93 bits per heavy atom. The van der Waals surface area contributed by atoms with Crippen LogP contribution in [0.3, 0.4) is 0 Å².